The highest BCUT2D eigenvalue weighted by atomic mass is 16.2. The second kappa shape index (κ2) is 17.3. The van der Waals surface area contributed by atoms with E-state index >= 15 is 0 Å². The molecular weight excluding hydrogens is 480 g/mol. The third-order valence-electron chi connectivity index (χ3n) is 5.11. The Labute approximate surface area is 215 Å². The van der Waals surface area contributed by atoms with E-state index in [-0.39, 0.29) is 31.4 Å². The van der Waals surface area contributed by atoms with Crippen LogP contribution in [0.2, 0.25) is 0 Å². The minimum Gasteiger partial charge on any atom is -0.370 e. The summed E-state index contributed by atoms with van der Waals surface area (Å²) in [7, 11) is 0. The predicted octanol–water partition coefficient (Wildman–Crippen LogP) is -3.05. The van der Waals surface area contributed by atoms with Gasteiger partial charge < -0.3 is 49.4 Å². The standard InChI is InChI=1S/C23H38N10O4/c24-17(8-4-10-29-22(25)26)20(36)31-13-19(35)33-18(9-5-11-30-23(27)28)21(37)32-16(14-34)12-15-6-2-1-3-7-15/h1-3,6-7,14,16-18H,4-5,8-13,24H2,(H,31,36)(H,32,37)(H,33,35)(H4,25,26,29)(H4,27,28,30)/t16-,17-,18-/m0/s1. The van der Waals surface area contributed by atoms with Crippen LogP contribution in [0.25, 0.3) is 0 Å². The number of amides is 3. The van der Waals surface area contributed by atoms with Crippen LogP contribution in [0, 0.1) is 0 Å². The number of nitrogens with two attached hydrogens (primary N) is 5. The van der Waals surface area contributed by atoms with Gasteiger partial charge in [-0.05, 0) is 37.7 Å². The molecule has 0 unspecified atom stereocenters. The molecule has 14 nitrogen and oxygen atoms in total. The Morgan fingerprint density at radius 3 is 2.03 bits per heavy atom. The first-order valence-electron chi connectivity index (χ1n) is 11.8. The SMILES string of the molecule is NC(N)=NCCC[C@H](NC(=O)CNC(=O)[C@@H](N)CCCN=C(N)N)C(=O)N[C@H](C=O)Cc1ccccc1. The number of hydrogen-bond donors (Lipinski definition) is 8. The molecule has 1 rings (SSSR count). The minimum absolute atomic E-state index is 0.0499. The molecule has 0 aliphatic rings. The van der Waals surface area contributed by atoms with Gasteiger partial charge in [0.15, 0.2) is 11.9 Å². The average Bonchev–Trinajstić information content (AvgIpc) is 2.86. The summed E-state index contributed by atoms with van der Waals surface area (Å²) in [6.07, 6.45) is 2.31. The lowest BCUT2D eigenvalue weighted by Crippen LogP contribution is -2.53. The number of aldehydes is 1. The molecule has 0 bridgehead atoms. The van der Waals surface area contributed by atoms with Crippen LogP contribution in [-0.2, 0) is 25.6 Å². The lowest BCUT2D eigenvalue weighted by molar-refractivity contribution is -0.131. The maximum Gasteiger partial charge on any atom is 0.243 e. The zero-order valence-electron chi connectivity index (χ0n) is 20.8. The Hall–Kier alpha value is -4.20. The summed E-state index contributed by atoms with van der Waals surface area (Å²) in [5.74, 6) is -1.82. The third-order valence-corrected chi connectivity index (χ3v) is 5.11. The van der Waals surface area contributed by atoms with E-state index in [1.807, 2.05) is 30.3 Å². The first kappa shape index (κ1) is 30.8. The molecule has 0 spiro atoms. The van der Waals surface area contributed by atoms with Crippen molar-refractivity contribution in [3.05, 3.63) is 35.9 Å². The maximum absolute atomic E-state index is 12.9. The number of nitrogens with zero attached hydrogens (tertiary/aromatic N) is 2. The van der Waals surface area contributed by atoms with Crippen molar-refractivity contribution in [2.45, 2.75) is 50.2 Å². The molecule has 0 saturated carbocycles. The molecule has 0 heterocycles. The van der Waals surface area contributed by atoms with Crippen molar-refractivity contribution in [1.29, 1.82) is 0 Å². The second-order valence-electron chi connectivity index (χ2n) is 8.28. The van der Waals surface area contributed by atoms with Crippen molar-refractivity contribution in [3.8, 4) is 0 Å². The van der Waals surface area contributed by atoms with Gasteiger partial charge in [0.05, 0.1) is 18.6 Å². The van der Waals surface area contributed by atoms with Crippen molar-refractivity contribution < 1.29 is 19.2 Å². The molecule has 14 heteroatoms. The van der Waals surface area contributed by atoms with Gasteiger partial charge in [0.1, 0.15) is 12.3 Å². The van der Waals surface area contributed by atoms with Crippen LogP contribution >= 0.6 is 0 Å². The number of nitrogens with one attached hydrogen (secondary N) is 3. The van der Waals surface area contributed by atoms with Crippen molar-refractivity contribution >= 4 is 35.9 Å². The molecule has 0 aliphatic heterocycles. The van der Waals surface area contributed by atoms with Crippen molar-refractivity contribution in [2.24, 2.45) is 38.7 Å². The third kappa shape index (κ3) is 14.1. The largest absolute Gasteiger partial charge is 0.370 e. The van der Waals surface area contributed by atoms with Crippen LogP contribution in [0.1, 0.15) is 31.2 Å². The van der Waals surface area contributed by atoms with E-state index in [2.05, 4.69) is 25.9 Å². The van der Waals surface area contributed by atoms with Gasteiger partial charge in [-0.1, -0.05) is 30.3 Å². The molecule has 3 atom stereocenters. The van der Waals surface area contributed by atoms with Gasteiger partial charge >= 0.3 is 0 Å². The summed E-state index contributed by atoms with van der Waals surface area (Å²) >= 11 is 0. The van der Waals surface area contributed by atoms with Crippen LogP contribution < -0.4 is 44.6 Å². The monoisotopic (exact) mass is 518 g/mol. The van der Waals surface area contributed by atoms with Gasteiger partial charge in [0.2, 0.25) is 17.7 Å². The molecule has 3 amide bonds. The number of guanidine groups is 2. The summed E-state index contributed by atoms with van der Waals surface area (Å²) in [5.41, 5.74) is 27.8. The summed E-state index contributed by atoms with van der Waals surface area (Å²) in [4.78, 5) is 56.8. The second-order valence-corrected chi connectivity index (χ2v) is 8.28. The normalized spacial score (nSPS) is 12.8. The fourth-order valence-electron chi connectivity index (χ4n) is 3.25. The Kier molecular flexibility index (Phi) is 14.4. The van der Waals surface area contributed by atoms with Crippen molar-refractivity contribution in [2.75, 3.05) is 19.6 Å². The molecule has 13 N–H and O–H groups in total. The lowest BCUT2D eigenvalue weighted by atomic mass is 10.1. The van der Waals surface area contributed by atoms with Crippen LogP contribution in [-0.4, -0.2) is 73.7 Å². The summed E-state index contributed by atoms with van der Waals surface area (Å²) < 4.78 is 0. The molecule has 37 heavy (non-hydrogen) atoms. The number of carbonyl (C=O) groups is 4. The Morgan fingerprint density at radius 1 is 0.865 bits per heavy atom. The smallest absolute Gasteiger partial charge is 0.243 e. The zero-order valence-corrected chi connectivity index (χ0v) is 20.8. The number of benzene rings is 1. The van der Waals surface area contributed by atoms with Crippen molar-refractivity contribution in [3.63, 3.8) is 0 Å². The van der Waals surface area contributed by atoms with Gasteiger partial charge in [-0.15, -0.1) is 0 Å². The lowest BCUT2D eigenvalue weighted by Gasteiger charge is -2.21. The van der Waals surface area contributed by atoms with E-state index in [1.165, 1.54) is 0 Å². The average molecular weight is 519 g/mol. The fourth-order valence-corrected chi connectivity index (χ4v) is 3.25. The van der Waals surface area contributed by atoms with Crippen LogP contribution in [0.15, 0.2) is 40.3 Å². The van der Waals surface area contributed by atoms with Gasteiger partial charge in [-0.2, -0.15) is 0 Å². The van der Waals surface area contributed by atoms with E-state index < -0.39 is 35.8 Å². The zero-order chi connectivity index (χ0) is 27.6. The minimum atomic E-state index is -0.981. The number of rotatable bonds is 17. The highest BCUT2D eigenvalue weighted by Crippen LogP contribution is 2.04. The fraction of sp³-hybridized carbons (Fsp3) is 0.478. The Morgan fingerprint density at radius 2 is 1.46 bits per heavy atom. The van der Waals surface area contributed by atoms with Gasteiger partial charge in [0, 0.05) is 13.1 Å². The van der Waals surface area contributed by atoms with Gasteiger partial charge in [-0.25, -0.2) is 0 Å². The van der Waals surface area contributed by atoms with E-state index in [9.17, 15) is 19.2 Å². The molecular formula is C23H38N10O4. The molecule has 0 radical (unpaired) electrons. The van der Waals surface area contributed by atoms with Crippen LogP contribution in [0.3, 0.4) is 0 Å². The number of aliphatic imine (C=N–C) groups is 2. The van der Waals surface area contributed by atoms with E-state index in [0.717, 1.165) is 5.56 Å². The molecule has 204 valence electrons. The number of carbonyl (C=O) groups excluding carboxylic acids is 4. The molecule has 0 saturated heterocycles. The quantitative estimate of drug-likeness (QED) is 0.0450. The molecule has 1 aromatic rings. The molecule has 1 aromatic carbocycles. The predicted molar refractivity (Wildman–Crippen MR) is 141 cm³/mol. The van der Waals surface area contributed by atoms with E-state index in [4.69, 9.17) is 28.7 Å². The van der Waals surface area contributed by atoms with Crippen LogP contribution in [0.5, 0.6) is 0 Å². The summed E-state index contributed by atoms with van der Waals surface area (Å²) in [5, 5.41) is 7.66. The summed E-state index contributed by atoms with van der Waals surface area (Å²) in [6, 6.07) is 6.56. The molecule has 0 aromatic heterocycles. The Balaban J connectivity index is 2.67. The van der Waals surface area contributed by atoms with E-state index in [0.29, 0.717) is 38.5 Å². The Bertz CT molecular complexity index is 931. The number of hydrogen-bond acceptors (Lipinski definition) is 7. The van der Waals surface area contributed by atoms with Crippen molar-refractivity contribution in [1.82, 2.24) is 16.0 Å². The van der Waals surface area contributed by atoms with Gasteiger partial charge in [0.25, 0.3) is 0 Å². The first-order valence-corrected chi connectivity index (χ1v) is 11.8. The first-order chi connectivity index (χ1) is 17.6. The van der Waals surface area contributed by atoms with Gasteiger partial charge in [-0.3, -0.25) is 24.4 Å². The molecule has 0 aliphatic carbocycles. The highest BCUT2D eigenvalue weighted by molar-refractivity contribution is 5.91. The maximum atomic E-state index is 12.9. The van der Waals surface area contributed by atoms with E-state index in [1.54, 1.807) is 0 Å². The summed E-state index contributed by atoms with van der Waals surface area (Å²) in [6.45, 7) is 0.181. The highest BCUT2D eigenvalue weighted by Gasteiger charge is 2.24. The van der Waals surface area contributed by atoms with Crippen LogP contribution in [0.4, 0.5) is 0 Å². The topological polar surface area (TPSA) is 259 Å². The molecule has 0 fully saturated rings.